The first-order valence-corrected chi connectivity index (χ1v) is 5.46. The van der Waals surface area contributed by atoms with Crippen LogP contribution < -0.4 is 5.32 Å². The molecule has 3 nitrogen and oxygen atoms in total. The molecule has 0 fully saturated rings. The van der Waals surface area contributed by atoms with Crippen molar-refractivity contribution in [3.63, 3.8) is 0 Å². The van der Waals surface area contributed by atoms with Crippen molar-refractivity contribution in [3.05, 3.63) is 35.4 Å². The summed E-state index contributed by atoms with van der Waals surface area (Å²) in [6, 6.07) is 5.84. The molecule has 0 aliphatic carbocycles. The van der Waals surface area contributed by atoms with Gasteiger partial charge in [0.25, 0.3) is 0 Å². The molecular weight excluding hydrogens is 210 g/mol. The summed E-state index contributed by atoms with van der Waals surface area (Å²) in [7, 11) is 1.96. The maximum atomic E-state index is 6.12. The molecular formula is C11H14ClN3. The van der Waals surface area contributed by atoms with Gasteiger partial charge in [0.15, 0.2) is 0 Å². The number of halogens is 1. The van der Waals surface area contributed by atoms with Crippen LogP contribution in [0.25, 0.3) is 5.52 Å². The Morgan fingerprint density at radius 3 is 3.13 bits per heavy atom. The van der Waals surface area contributed by atoms with Crippen LogP contribution in [0.2, 0.25) is 5.15 Å². The normalized spacial score (nSPS) is 11.1. The largest absolute Gasteiger partial charge is 0.320 e. The summed E-state index contributed by atoms with van der Waals surface area (Å²) >= 11 is 6.12. The Morgan fingerprint density at radius 1 is 1.47 bits per heavy atom. The summed E-state index contributed by atoms with van der Waals surface area (Å²) in [5, 5.41) is 3.85. The molecule has 15 heavy (non-hydrogen) atoms. The topological polar surface area (TPSA) is 29.3 Å². The summed E-state index contributed by atoms with van der Waals surface area (Å²) < 4.78 is 2.00. The van der Waals surface area contributed by atoms with E-state index in [1.165, 1.54) is 0 Å². The average molecular weight is 224 g/mol. The third-order valence-electron chi connectivity index (χ3n) is 2.40. The molecule has 0 saturated carbocycles. The van der Waals surface area contributed by atoms with Gasteiger partial charge >= 0.3 is 0 Å². The summed E-state index contributed by atoms with van der Waals surface area (Å²) in [6.45, 7) is 0.999. The van der Waals surface area contributed by atoms with Crippen molar-refractivity contribution in [2.45, 2.75) is 12.8 Å². The summed E-state index contributed by atoms with van der Waals surface area (Å²) in [5.74, 6) is 1.03. The molecule has 0 bridgehead atoms. The lowest BCUT2D eigenvalue weighted by Crippen LogP contribution is -2.09. The van der Waals surface area contributed by atoms with E-state index in [1.807, 2.05) is 35.8 Å². The van der Waals surface area contributed by atoms with E-state index in [9.17, 15) is 0 Å². The van der Waals surface area contributed by atoms with Gasteiger partial charge in [-0.1, -0.05) is 17.7 Å². The molecule has 2 aromatic rings. The maximum absolute atomic E-state index is 6.12. The molecule has 2 aromatic heterocycles. The zero-order valence-corrected chi connectivity index (χ0v) is 9.46. The zero-order valence-electron chi connectivity index (χ0n) is 8.70. The molecule has 80 valence electrons. The SMILES string of the molecule is CNCCCc1ncc2cccc(Cl)n12. The summed E-state index contributed by atoms with van der Waals surface area (Å²) in [4.78, 5) is 4.38. The molecule has 4 heteroatoms. The van der Waals surface area contributed by atoms with Crippen molar-refractivity contribution >= 4 is 17.1 Å². The van der Waals surface area contributed by atoms with Gasteiger partial charge in [0.05, 0.1) is 11.7 Å². The van der Waals surface area contributed by atoms with E-state index >= 15 is 0 Å². The van der Waals surface area contributed by atoms with Crippen molar-refractivity contribution in [2.24, 2.45) is 0 Å². The number of nitrogens with zero attached hydrogens (tertiary/aromatic N) is 2. The minimum absolute atomic E-state index is 0.726. The second-order valence-corrected chi connectivity index (χ2v) is 3.88. The van der Waals surface area contributed by atoms with Crippen molar-refractivity contribution in [1.82, 2.24) is 14.7 Å². The smallest absolute Gasteiger partial charge is 0.114 e. The molecule has 0 radical (unpaired) electrons. The monoisotopic (exact) mass is 223 g/mol. The van der Waals surface area contributed by atoms with Gasteiger partial charge in [-0.15, -0.1) is 0 Å². The van der Waals surface area contributed by atoms with E-state index in [-0.39, 0.29) is 0 Å². The van der Waals surface area contributed by atoms with Crippen LogP contribution in [0, 0.1) is 0 Å². The number of pyridine rings is 1. The van der Waals surface area contributed by atoms with E-state index in [2.05, 4.69) is 10.3 Å². The number of aromatic nitrogens is 2. The highest BCUT2D eigenvalue weighted by Crippen LogP contribution is 2.15. The van der Waals surface area contributed by atoms with Crippen LogP contribution in [0.1, 0.15) is 12.2 Å². The van der Waals surface area contributed by atoms with Gasteiger partial charge in [-0.05, 0) is 32.1 Å². The fraction of sp³-hybridized carbons (Fsp3) is 0.364. The van der Waals surface area contributed by atoms with Crippen LogP contribution in [0.3, 0.4) is 0 Å². The number of rotatable bonds is 4. The Balaban J connectivity index is 2.27. The van der Waals surface area contributed by atoms with Gasteiger partial charge in [0.2, 0.25) is 0 Å². The Labute approximate surface area is 94.1 Å². The average Bonchev–Trinajstić information content (AvgIpc) is 2.63. The van der Waals surface area contributed by atoms with Gasteiger partial charge in [0.1, 0.15) is 11.0 Å². The van der Waals surface area contributed by atoms with Crippen molar-refractivity contribution < 1.29 is 0 Å². The number of hydrogen-bond donors (Lipinski definition) is 1. The van der Waals surface area contributed by atoms with Crippen molar-refractivity contribution in [2.75, 3.05) is 13.6 Å². The van der Waals surface area contributed by atoms with Crippen LogP contribution >= 0.6 is 11.6 Å². The number of hydrogen-bond acceptors (Lipinski definition) is 2. The molecule has 0 saturated heterocycles. The molecule has 0 aliphatic rings. The molecule has 2 heterocycles. The molecule has 0 aromatic carbocycles. The highest BCUT2D eigenvalue weighted by molar-refractivity contribution is 6.29. The lowest BCUT2D eigenvalue weighted by Gasteiger charge is -2.03. The third kappa shape index (κ3) is 2.13. The Hall–Kier alpha value is -1.06. The zero-order chi connectivity index (χ0) is 10.7. The molecule has 0 unspecified atom stereocenters. The highest BCUT2D eigenvalue weighted by atomic mass is 35.5. The summed E-state index contributed by atoms with van der Waals surface area (Å²) in [6.07, 6.45) is 3.88. The Kier molecular flexibility index (Phi) is 3.23. The molecule has 2 rings (SSSR count). The minimum Gasteiger partial charge on any atom is -0.320 e. The Bertz CT molecular complexity index is 450. The number of fused-ring (bicyclic) bond motifs is 1. The number of nitrogens with one attached hydrogen (secondary N) is 1. The highest BCUT2D eigenvalue weighted by Gasteiger charge is 2.05. The van der Waals surface area contributed by atoms with Crippen LogP contribution in [-0.2, 0) is 6.42 Å². The van der Waals surface area contributed by atoms with Gasteiger partial charge in [0, 0.05) is 6.42 Å². The fourth-order valence-electron chi connectivity index (χ4n) is 1.67. The summed E-state index contributed by atoms with van der Waals surface area (Å²) in [5.41, 5.74) is 1.06. The van der Waals surface area contributed by atoms with E-state index < -0.39 is 0 Å². The number of aryl methyl sites for hydroxylation is 1. The van der Waals surface area contributed by atoms with Gasteiger partial charge in [-0.25, -0.2) is 4.98 Å². The van der Waals surface area contributed by atoms with Crippen LogP contribution in [0.15, 0.2) is 24.4 Å². The molecule has 0 spiro atoms. The first-order chi connectivity index (χ1) is 7.33. The fourth-order valence-corrected chi connectivity index (χ4v) is 1.94. The van der Waals surface area contributed by atoms with Crippen LogP contribution in [-0.4, -0.2) is 23.0 Å². The lowest BCUT2D eigenvalue weighted by atomic mass is 10.3. The predicted molar refractivity (Wildman–Crippen MR) is 62.4 cm³/mol. The number of imidazole rings is 1. The molecule has 1 N–H and O–H groups in total. The van der Waals surface area contributed by atoms with Crippen molar-refractivity contribution in [3.8, 4) is 0 Å². The third-order valence-corrected chi connectivity index (χ3v) is 2.70. The second kappa shape index (κ2) is 4.64. The van der Waals surface area contributed by atoms with Gasteiger partial charge in [-0.3, -0.25) is 4.40 Å². The van der Waals surface area contributed by atoms with E-state index in [1.54, 1.807) is 0 Å². The minimum atomic E-state index is 0.726. The van der Waals surface area contributed by atoms with Crippen molar-refractivity contribution in [1.29, 1.82) is 0 Å². The van der Waals surface area contributed by atoms with Gasteiger partial charge < -0.3 is 5.32 Å². The first kappa shape index (κ1) is 10.5. The second-order valence-electron chi connectivity index (χ2n) is 3.49. The van der Waals surface area contributed by atoms with E-state index in [0.29, 0.717) is 0 Å². The first-order valence-electron chi connectivity index (χ1n) is 5.08. The van der Waals surface area contributed by atoms with Crippen LogP contribution in [0.5, 0.6) is 0 Å². The molecule has 0 amide bonds. The lowest BCUT2D eigenvalue weighted by molar-refractivity contribution is 0.701. The molecule has 0 atom stereocenters. The van der Waals surface area contributed by atoms with E-state index in [0.717, 1.165) is 35.9 Å². The van der Waals surface area contributed by atoms with Gasteiger partial charge in [-0.2, -0.15) is 0 Å². The quantitative estimate of drug-likeness (QED) is 0.636. The Morgan fingerprint density at radius 2 is 2.33 bits per heavy atom. The predicted octanol–water partition coefficient (Wildman–Crippen LogP) is 2.14. The maximum Gasteiger partial charge on any atom is 0.114 e. The standard InChI is InChI=1S/C11H14ClN3/c1-13-7-3-6-11-14-8-9-4-2-5-10(12)15(9)11/h2,4-5,8,13H,3,6-7H2,1H3. The van der Waals surface area contributed by atoms with Crippen LogP contribution in [0.4, 0.5) is 0 Å². The van der Waals surface area contributed by atoms with E-state index in [4.69, 9.17) is 11.6 Å². The molecule has 0 aliphatic heterocycles.